The molecule has 688 valence electrons. The zero-order chi connectivity index (χ0) is 87.7. The highest BCUT2D eigenvalue weighted by atomic mass is 32.5. The Morgan fingerprint density at radius 3 is 1.75 bits per heavy atom. The van der Waals surface area contributed by atoms with Crippen LogP contribution in [0.2, 0.25) is 0 Å². The van der Waals surface area contributed by atoms with Gasteiger partial charge in [0, 0.05) is 91.9 Å². The number of nitrogens with one attached hydrogen (secondary N) is 6. The zero-order valence-corrected chi connectivity index (χ0v) is 74.0. The minimum absolute atomic E-state index is 0.00627. The molecular formula is C82H142N8O27P2S. The minimum atomic E-state index is -4.90. The largest absolute Gasteiger partial charge is 0.472 e. The average molecular weight is 1770 g/mol. The number of phosphoric acid groups is 1. The molecule has 16 N–H and O–H groups in total. The van der Waals surface area contributed by atoms with Gasteiger partial charge in [0.1, 0.15) is 60.9 Å². The number of likely N-dealkylation sites (tertiary alicyclic amines) is 2. The number of aliphatic hydroxyl groups excluding tert-OH is 7. The summed E-state index contributed by atoms with van der Waals surface area (Å²) in [6, 6.07) is -4.87. The number of unbranched alkanes of at least 4 members (excludes halogenated alkanes) is 7. The first-order chi connectivity index (χ1) is 56.9. The molecule has 0 aromatic rings. The molecule has 14 unspecified atom stereocenters. The number of allylic oxidation sites excluding steroid dienone is 1. The number of aliphatic hydroxyl groups is 7. The van der Waals surface area contributed by atoms with E-state index in [0.29, 0.717) is 94.4 Å². The SMILES string of the molecule is CC(=O)NC1C(OCCCCC(=O)NCCCC[C@H](NC(=O)CCCCOC2OC(CO)C(O)C(O)C2NC(C)=O)C(=O)NCCCCCC(=O)N2C[C@H](O)C[C@H]2COP(=O)(O)O[C@@H]2C[C@@H](COP(O)(O)=S)N(C(=O)CCCCCNC(=O)OC3CC[C@@]4(C)C(=CC[C@@H]5[C@H]4CC[C@]4(C)C(C(C)CCCC(C)C)CC[C@H]54)C3)C2)OC(CO)C(O)C1O. The van der Waals surface area contributed by atoms with Crippen LogP contribution in [-0.4, -0.2) is 278 Å². The summed E-state index contributed by atoms with van der Waals surface area (Å²) >= 11 is 4.69. The van der Waals surface area contributed by atoms with Crippen LogP contribution in [0.5, 0.6) is 0 Å². The molecule has 0 aromatic carbocycles. The quantitative estimate of drug-likeness (QED) is 0.0223. The summed E-state index contributed by atoms with van der Waals surface area (Å²) in [6.45, 7) is 9.03. The van der Waals surface area contributed by atoms with Gasteiger partial charge in [-0.15, -0.1) is 0 Å². The average Bonchev–Trinajstić information content (AvgIpc) is 1.40. The van der Waals surface area contributed by atoms with Crippen molar-refractivity contribution in [2.24, 2.45) is 46.3 Å². The predicted octanol–water partition coefficient (Wildman–Crippen LogP) is 4.68. The molecule has 4 heterocycles. The van der Waals surface area contributed by atoms with Gasteiger partial charge in [0.25, 0.3) is 0 Å². The lowest BCUT2D eigenvalue weighted by atomic mass is 9.47. The van der Waals surface area contributed by atoms with Gasteiger partial charge in [-0.1, -0.05) is 78.4 Å². The number of amides is 8. The number of carbonyl (C=O) groups is 8. The number of alkyl carbamates (subject to hydrolysis) is 1. The second-order valence-electron chi connectivity index (χ2n) is 35.7. The van der Waals surface area contributed by atoms with Gasteiger partial charge in [-0.25, -0.2) is 9.36 Å². The molecule has 4 aliphatic heterocycles. The number of phosphoric ester groups is 1. The topological polar surface area (TPSA) is 508 Å². The highest BCUT2D eigenvalue weighted by Gasteiger charge is 2.60. The van der Waals surface area contributed by atoms with Gasteiger partial charge in [0.15, 0.2) is 12.6 Å². The molecule has 0 radical (unpaired) electrons. The molecule has 4 saturated heterocycles. The first-order valence-corrected chi connectivity index (χ1v) is 48.2. The van der Waals surface area contributed by atoms with Crippen LogP contribution in [0.4, 0.5) is 4.79 Å². The van der Waals surface area contributed by atoms with Gasteiger partial charge in [-0.05, 0) is 187 Å². The summed E-state index contributed by atoms with van der Waals surface area (Å²) in [5.41, 5.74) is 2.00. The maximum Gasteiger partial charge on any atom is 0.472 e. The molecule has 3 saturated carbocycles. The van der Waals surface area contributed by atoms with Crippen molar-refractivity contribution in [2.45, 2.75) is 339 Å². The molecule has 120 heavy (non-hydrogen) atoms. The number of hydrogen-bond donors (Lipinski definition) is 16. The van der Waals surface area contributed by atoms with Gasteiger partial charge < -0.3 is 120 Å². The van der Waals surface area contributed by atoms with Crippen LogP contribution in [0.1, 0.15) is 241 Å². The van der Waals surface area contributed by atoms with Gasteiger partial charge in [-0.3, -0.25) is 42.6 Å². The van der Waals surface area contributed by atoms with Gasteiger partial charge in [0.05, 0.1) is 50.7 Å². The fraction of sp³-hybridized carbons (Fsp3) is 0.878. The predicted molar refractivity (Wildman–Crippen MR) is 442 cm³/mol. The van der Waals surface area contributed by atoms with Crippen molar-refractivity contribution in [3.05, 3.63) is 11.6 Å². The first kappa shape index (κ1) is 101. The maximum absolute atomic E-state index is 13.8. The summed E-state index contributed by atoms with van der Waals surface area (Å²) in [6.07, 6.45) is 7.49. The molecule has 35 nitrogen and oxygen atoms in total. The molecule has 8 amide bonds. The number of hydrogen-bond acceptors (Lipinski definition) is 25. The van der Waals surface area contributed by atoms with Gasteiger partial charge in [0.2, 0.25) is 41.4 Å². The summed E-state index contributed by atoms with van der Waals surface area (Å²) in [5.74, 6) is 1.55. The smallest absolute Gasteiger partial charge is 0.446 e. The Bertz CT molecular complexity index is 3430. The fourth-order valence-electron chi connectivity index (χ4n) is 20.0. The number of β-amino-alcohol motifs (C(OH)–C–C–N with tert-alkyl or cyclic N) is 1. The van der Waals surface area contributed by atoms with E-state index in [4.69, 9.17) is 37.3 Å². The fourth-order valence-corrected chi connectivity index (χ4v) is 21.5. The Hall–Kier alpha value is -4.50. The lowest BCUT2D eigenvalue weighted by Gasteiger charge is -2.58. The van der Waals surface area contributed by atoms with Crippen molar-refractivity contribution in [3.8, 4) is 0 Å². The number of rotatable bonds is 49. The van der Waals surface area contributed by atoms with Gasteiger partial charge in [-0.2, -0.15) is 0 Å². The summed E-state index contributed by atoms with van der Waals surface area (Å²) in [4.78, 5) is 138. The third kappa shape index (κ3) is 30.1. The Kier molecular flexibility index (Phi) is 40.7. The van der Waals surface area contributed by atoms with Crippen LogP contribution in [0.3, 0.4) is 0 Å². The zero-order valence-electron chi connectivity index (χ0n) is 71.4. The van der Waals surface area contributed by atoms with Crippen LogP contribution in [0, 0.1) is 46.3 Å². The van der Waals surface area contributed by atoms with E-state index in [1.165, 1.54) is 74.2 Å². The summed E-state index contributed by atoms with van der Waals surface area (Å²) in [5, 5.41) is 88.2. The van der Waals surface area contributed by atoms with Crippen LogP contribution >= 0.6 is 14.5 Å². The van der Waals surface area contributed by atoms with E-state index in [-0.39, 0.29) is 127 Å². The highest BCUT2D eigenvalue weighted by molar-refractivity contribution is 8.06. The molecule has 38 heteroatoms. The number of carbonyl (C=O) groups excluding carboxylic acids is 8. The van der Waals surface area contributed by atoms with E-state index >= 15 is 0 Å². The summed E-state index contributed by atoms with van der Waals surface area (Å²) < 4.78 is 58.5. The van der Waals surface area contributed by atoms with Crippen molar-refractivity contribution in [1.29, 1.82) is 0 Å². The van der Waals surface area contributed by atoms with Crippen LogP contribution in [0.25, 0.3) is 0 Å². The second-order valence-corrected chi connectivity index (χ2v) is 39.8. The highest BCUT2D eigenvalue weighted by Crippen LogP contribution is 2.67. The Morgan fingerprint density at radius 2 is 1.16 bits per heavy atom. The number of ether oxygens (including phenoxy) is 5. The normalized spacial score (nSPS) is 32.1. The van der Waals surface area contributed by atoms with E-state index in [9.17, 15) is 93.3 Å². The standard InChI is InChI=1S/C82H142N8O27P2S/c1-50(2)21-20-22-51(3)61-30-31-62-60-29-28-54-41-58(32-34-81(54,6)63(60)33-35-82(61,62)7)114-80(105)85-38-16-9-11-27-70(99)90-45-59(43-56(90)49-113-119(108,109)120)117-118(106,107)112-48-55-42-57(95)44-89(55)69(98)26-10-8-15-37-84-77(104)64(88-68(97)25-14-19-40-111-79-72(87-53(5)94)76(103)74(101)66(47-92)116-79)23-12-17-36-83-67(96)24-13-18-39-110-78-71(86-52(4)93)75(102)73(100)65(46-91)115-78/h28,50-51,55-66,71-76,78-79,91-92,95,100-103H,8-27,29-49H2,1-7H3,(H,83,96)(H,84,104)(H,85,105)(H,86,93)(H,87,94)(H,88,97)(H,106,107)(H2,108,109,120)/t51?,55-,56-,57+,58?,59+,60-,61?,62+,63+,64-,65?,66?,71?,72?,73?,74?,75?,76?,78?,79?,81-,82+/m0/s1. The first-order valence-electron chi connectivity index (χ1n) is 44.1. The van der Waals surface area contributed by atoms with E-state index in [1.807, 2.05) is 0 Å². The molecule has 7 fully saturated rings. The number of nitrogens with zero attached hydrogens (tertiary/aromatic N) is 2. The lowest BCUT2D eigenvalue weighted by Crippen LogP contribution is -2.64. The van der Waals surface area contributed by atoms with Crippen molar-refractivity contribution in [2.75, 3.05) is 72.4 Å². The minimum Gasteiger partial charge on any atom is -0.446 e. The van der Waals surface area contributed by atoms with Crippen molar-refractivity contribution >= 4 is 73.8 Å². The Morgan fingerprint density at radius 1 is 0.600 bits per heavy atom. The van der Waals surface area contributed by atoms with E-state index in [1.54, 1.807) is 0 Å². The van der Waals surface area contributed by atoms with E-state index in [2.05, 4.69) is 84.4 Å². The molecule has 8 aliphatic rings. The lowest BCUT2D eigenvalue weighted by molar-refractivity contribution is -0.270. The third-order valence-corrected chi connectivity index (χ3v) is 28.2. The molecule has 0 bridgehead atoms. The van der Waals surface area contributed by atoms with E-state index < -0.39 is 156 Å². The Labute approximate surface area is 711 Å². The second kappa shape index (κ2) is 48.4. The monoisotopic (exact) mass is 1760 g/mol. The molecule has 0 spiro atoms. The van der Waals surface area contributed by atoms with Crippen molar-refractivity contribution in [1.82, 2.24) is 41.7 Å². The molecule has 8 rings (SSSR count). The summed E-state index contributed by atoms with van der Waals surface area (Å²) in [7, 11) is -4.90. The Balaban J connectivity index is 0.724. The third-order valence-electron chi connectivity index (χ3n) is 26.3. The van der Waals surface area contributed by atoms with E-state index in [0.717, 1.165) is 49.4 Å². The van der Waals surface area contributed by atoms with Crippen LogP contribution in [-0.2, 0) is 87.2 Å². The van der Waals surface area contributed by atoms with Crippen LogP contribution in [0.15, 0.2) is 11.6 Å². The number of fused-ring (bicyclic) bond motifs is 5. The maximum atomic E-state index is 13.8. The van der Waals surface area contributed by atoms with Gasteiger partial charge >= 0.3 is 20.6 Å². The van der Waals surface area contributed by atoms with Crippen molar-refractivity contribution in [3.63, 3.8) is 0 Å². The molecule has 0 aromatic heterocycles. The van der Waals surface area contributed by atoms with Crippen LogP contribution < -0.4 is 31.9 Å². The molecule has 24 atom stereocenters. The molecule has 4 aliphatic carbocycles. The molecular weight excluding hydrogens is 1620 g/mol. The van der Waals surface area contributed by atoms with Crippen molar-refractivity contribution < 1.29 is 131 Å².